The van der Waals surface area contributed by atoms with Crippen LogP contribution >= 0.6 is 27.3 Å². The van der Waals surface area contributed by atoms with E-state index in [0.717, 1.165) is 5.92 Å². The fourth-order valence-electron chi connectivity index (χ4n) is 2.92. The molecule has 4 heteroatoms. The van der Waals surface area contributed by atoms with E-state index in [1.54, 1.807) is 11.3 Å². The van der Waals surface area contributed by atoms with Crippen molar-refractivity contribution in [1.82, 2.24) is 4.90 Å². The summed E-state index contributed by atoms with van der Waals surface area (Å²) in [5, 5.41) is 2.15. The number of hydrogen-bond donors (Lipinski definition) is 1. The number of rotatable bonds is 5. The predicted molar refractivity (Wildman–Crippen MR) is 83.0 cm³/mol. The smallest absolute Gasteiger partial charge is 0.0562 e. The minimum atomic E-state index is 0.378. The van der Waals surface area contributed by atoms with Crippen molar-refractivity contribution in [1.29, 1.82) is 0 Å². The van der Waals surface area contributed by atoms with Gasteiger partial charge >= 0.3 is 0 Å². The van der Waals surface area contributed by atoms with Gasteiger partial charge < -0.3 is 5.73 Å². The van der Waals surface area contributed by atoms with Gasteiger partial charge in [0.05, 0.1) is 6.04 Å². The zero-order chi connectivity index (χ0) is 13.0. The number of likely N-dealkylation sites (N-methyl/N-ethyl adjacent to an activating group) is 1. The zero-order valence-electron chi connectivity index (χ0n) is 11.1. The van der Waals surface area contributed by atoms with Crippen LogP contribution in [0.2, 0.25) is 0 Å². The second-order valence-corrected chi connectivity index (χ2v) is 7.22. The molecule has 1 aromatic rings. The first-order chi connectivity index (χ1) is 8.70. The first kappa shape index (κ1) is 14.5. The lowest BCUT2D eigenvalue weighted by Crippen LogP contribution is -2.34. The van der Waals surface area contributed by atoms with Gasteiger partial charge in [0.1, 0.15) is 0 Å². The molecule has 1 unspecified atom stereocenters. The molecule has 1 aliphatic carbocycles. The van der Waals surface area contributed by atoms with Crippen LogP contribution in [0, 0.1) is 5.92 Å². The lowest BCUT2D eigenvalue weighted by molar-refractivity contribution is 0.187. The number of nitrogens with two attached hydrogens (primary N) is 1. The Hall–Kier alpha value is 0.1000. The van der Waals surface area contributed by atoms with Crippen molar-refractivity contribution in [2.45, 2.75) is 38.1 Å². The average molecular weight is 331 g/mol. The largest absolute Gasteiger partial charge is 0.329 e. The highest BCUT2D eigenvalue weighted by atomic mass is 79.9. The molecule has 0 saturated heterocycles. The second-order valence-electron chi connectivity index (χ2n) is 5.36. The molecule has 0 radical (unpaired) electrons. The Balaban J connectivity index is 1.94. The summed E-state index contributed by atoms with van der Waals surface area (Å²) in [7, 11) is 2.22. The quantitative estimate of drug-likeness (QED) is 0.883. The van der Waals surface area contributed by atoms with Gasteiger partial charge in [-0.1, -0.05) is 19.3 Å². The van der Waals surface area contributed by atoms with Gasteiger partial charge in [0.15, 0.2) is 0 Å². The second kappa shape index (κ2) is 7.04. The summed E-state index contributed by atoms with van der Waals surface area (Å²) >= 11 is 5.33. The minimum Gasteiger partial charge on any atom is -0.329 e. The summed E-state index contributed by atoms with van der Waals surface area (Å²) < 4.78 is 1.17. The summed E-state index contributed by atoms with van der Waals surface area (Å²) in [6, 6.07) is 2.59. The molecule has 0 spiro atoms. The molecule has 1 heterocycles. The molecule has 0 aromatic carbocycles. The molecule has 0 bridgehead atoms. The molecule has 102 valence electrons. The molecule has 1 aliphatic rings. The van der Waals surface area contributed by atoms with Crippen molar-refractivity contribution < 1.29 is 0 Å². The monoisotopic (exact) mass is 330 g/mol. The summed E-state index contributed by atoms with van der Waals surface area (Å²) in [5.41, 5.74) is 5.97. The molecule has 1 aromatic heterocycles. The summed E-state index contributed by atoms with van der Waals surface area (Å²) in [6.45, 7) is 1.90. The van der Waals surface area contributed by atoms with Gasteiger partial charge in [-0.25, -0.2) is 0 Å². The Morgan fingerprint density at radius 1 is 1.44 bits per heavy atom. The van der Waals surface area contributed by atoms with Gasteiger partial charge in [0.2, 0.25) is 0 Å². The van der Waals surface area contributed by atoms with Crippen LogP contribution in [-0.4, -0.2) is 25.0 Å². The van der Waals surface area contributed by atoms with E-state index in [1.807, 2.05) is 0 Å². The molecular formula is C14H23BrN2S. The predicted octanol–water partition coefficient (Wildman–Crippen LogP) is 4.02. The van der Waals surface area contributed by atoms with Crippen molar-refractivity contribution in [3.63, 3.8) is 0 Å². The van der Waals surface area contributed by atoms with E-state index in [1.165, 1.54) is 48.0 Å². The Kier molecular flexibility index (Phi) is 5.67. The highest BCUT2D eigenvalue weighted by molar-refractivity contribution is 9.10. The first-order valence-electron chi connectivity index (χ1n) is 6.85. The number of halogens is 1. The van der Waals surface area contributed by atoms with Gasteiger partial charge in [0, 0.05) is 27.8 Å². The van der Waals surface area contributed by atoms with Crippen molar-refractivity contribution in [2.24, 2.45) is 11.7 Å². The molecule has 0 amide bonds. The van der Waals surface area contributed by atoms with Gasteiger partial charge in [-0.05, 0) is 47.8 Å². The standard InChI is InChI=1S/C14H23BrN2S/c1-17(9-11-5-3-2-4-6-11)13(8-16)14-7-12(15)10-18-14/h7,10-11,13H,2-6,8-9,16H2,1H3. The van der Waals surface area contributed by atoms with Crippen molar-refractivity contribution in [2.75, 3.05) is 20.1 Å². The van der Waals surface area contributed by atoms with Crippen LogP contribution in [0.1, 0.15) is 43.0 Å². The fourth-order valence-corrected chi connectivity index (χ4v) is 4.54. The van der Waals surface area contributed by atoms with E-state index in [-0.39, 0.29) is 0 Å². The topological polar surface area (TPSA) is 29.3 Å². The average Bonchev–Trinajstić information content (AvgIpc) is 2.78. The van der Waals surface area contributed by atoms with Crippen LogP contribution in [0.3, 0.4) is 0 Å². The van der Waals surface area contributed by atoms with E-state index < -0.39 is 0 Å². The Morgan fingerprint density at radius 3 is 2.72 bits per heavy atom. The normalized spacial score (nSPS) is 19.3. The third-order valence-electron chi connectivity index (χ3n) is 3.94. The summed E-state index contributed by atoms with van der Waals surface area (Å²) in [6.07, 6.45) is 7.05. The highest BCUT2D eigenvalue weighted by Gasteiger charge is 2.21. The van der Waals surface area contributed by atoms with E-state index in [0.29, 0.717) is 12.6 Å². The van der Waals surface area contributed by atoms with E-state index >= 15 is 0 Å². The van der Waals surface area contributed by atoms with E-state index in [2.05, 4.69) is 39.3 Å². The molecule has 1 fully saturated rings. The number of nitrogens with zero attached hydrogens (tertiary/aromatic N) is 1. The molecule has 1 atom stereocenters. The first-order valence-corrected chi connectivity index (χ1v) is 8.52. The fraction of sp³-hybridized carbons (Fsp3) is 0.714. The molecule has 2 nitrogen and oxygen atoms in total. The van der Waals surface area contributed by atoms with Gasteiger partial charge in [-0.2, -0.15) is 0 Å². The van der Waals surface area contributed by atoms with Crippen molar-refractivity contribution in [3.05, 3.63) is 20.8 Å². The molecule has 0 aliphatic heterocycles. The Bertz CT molecular complexity index is 360. The minimum absolute atomic E-state index is 0.378. The van der Waals surface area contributed by atoms with E-state index in [9.17, 15) is 0 Å². The SMILES string of the molecule is CN(CC1CCCCC1)C(CN)c1cc(Br)cs1. The maximum Gasteiger partial charge on any atom is 0.0562 e. The van der Waals surface area contributed by atoms with Gasteiger partial charge in [-0.3, -0.25) is 4.90 Å². The Labute approximate surface area is 123 Å². The van der Waals surface area contributed by atoms with Gasteiger partial charge in [0.25, 0.3) is 0 Å². The zero-order valence-corrected chi connectivity index (χ0v) is 13.5. The maximum absolute atomic E-state index is 5.97. The van der Waals surface area contributed by atoms with Crippen LogP contribution in [-0.2, 0) is 0 Å². The lowest BCUT2D eigenvalue weighted by atomic mass is 9.88. The summed E-state index contributed by atoms with van der Waals surface area (Å²) in [4.78, 5) is 3.83. The highest BCUT2D eigenvalue weighted by Crippen LogP contribution is 2.31. The van der Waals surface area contributed by atoms with Crippen molar-refractivity contribution in [3.8, 4) is 0 Å². The lowest BCUT2D eigenvalue weighted by Gasteiger charge is -2.31. The van der Waals surface area contributed by atoms with Crippen LogP contribution in [0.15, 0.2) is 15.9 Å². The molecular weight excluding hydrogens is 308 g/mol. The third-order valence-corrected chi connectivity index (χ3v) is 5.74. The Morgan fingerprint density at radius 2 is 2.17 bits per heavy atom. The molecule has 1 saturated carbocycles. The molecule has 18 heavy (non-hydrogen) atoms. The maximum atomic E-state index is 5.97. The molecule has 2 N–H and O–H groups in total. The number of thiophene rings is 1. The van der Waals surface area contributed by atoms with Crippen LogP contribution in [0.5, 0.6) is 0 Å². The van der Waals surface area contributed by atoms with Crippen LogP contribution < -0.4 is 5.73 Å². The van der Waals surface area contributed by atoms with Crippen LogP contribution in [0.4, 0.5) is 0 Å². The number of hydrogen-bond acceptors (Lipinski definition) is 3. The molecule has 2 rings (SSSR count). The van der Waals surface area contributed by atoms with E-state index in [4.69, 9.17) is 5.73 Å². The van der Waals surface area contributed by atoms with Gasteiger partial charge in [-0.15, -0.1) is 11.3 Å². The third kappa shape index (κ3) is 3.80. The van der Waals surface area contributed by atoms with Crippen LogP contribution in [0.25, 0.3) is 0 Å². The summed E-state index contributed by atoms with van der Waals surface area (Å²) in [5.74, 6) is 0.876. The van der Waals surface area contributed by atoms with Crippen molar-refractivity contribution >= 4 is 27.3 Å².